The van der Waals surface area contributed by atoms with E-state index in [-0.39, 0.29) is 5.60 Å². The van der Waals surface area contributed by atoms with E-state index in [1.54, 1.807) is 7.11 Å². The quantitative estimate of drug-likeness (QED) is 0.884. The summed E-state index contributed by atoms with van der Waals surface area (Å²) in [5.41, 5.74) is 1.52. The molecule has 0 aromatic heterocycles. The fraction of sp³-hybridized carbons (Fsp3) is 0.647. The molecule has 0 amide bonds. The molecular weight excluding hydrogens is 330 g/mol. The lowest BCUT2D eigenvalue weighted by Crippen LogP contribution is -2.47. The number of ether oxygens (including phenoxy) is 2. The van der Waals surface area contributed by atoms with Crippen LogP contribution in [-0.2, 0) is 4.74 Å². The zero-order valence-electron chi connectivity index (χ0n) is 12.8. The van der Waals surface area contributed by atoms with Crippen LogP contribution in [0.25, 0.3) is 0 Å². The average Bonchev–Trinajstić information content (AvgIpc) is 2.47. The summed E-state index contributed by atoms with van der Waals surface area (Å²) in [6, 6.07) is 6.78. The molecule has 1 aromatic carbocycles. The van der Waals surface area contributed by atoms with E-state index in [1.165, 1.54) is 31.2 Å². The summed E-state index contributed by atoms with van der Waals surface area (Å²) < 4.78 is 12.4. The highest BCUT2D eigenvalue weighted by Crippen LogP contribution is 2.47. The molecule has 4 heteroatoms. The van der Waals surface area contributed by atoms with Crippen LogP contribution in [0.4, 0.5) is 0 Å². The summed E-state index contributed by atoms with van der Waals surface area (Å²) in [7, 11) is 3.76. The molecule has 0 radical (unpaired) electrons. The minimum atomic E-state index is 0.196. The van der Waals surface area contributed by atoms with Crippen molar-refractivity contribution < 1.29 is 9.47 Å². The molecule has 1 aliphatic heterocycles. The highest BCUT2D eigenvalue weighted by Gasteiger charge is 2.44. The summed E-state index contributed by atoms with van der Waals surface area (Å²) in [6.07, 6.45) is 6.13. The van der Waals surface area contributed by atoms with Crippen LogP contribution < -0.4 is 10.1 Å². The van der Waals surface area contributed by atoms with Gasteiger partial charge in [-0.3, -0.25) is 0 Å². The maximum absolute atomic E-state index is 6.07. The van der Waals surface area contributed by atoms with E-state index in [9.17, 15) is 0 Å². The molecule has 0 bridgehead atoms. The average molecular weight is 354 g/mol. The Bertz CT molecular complexity index is 502. The molecule has 116 valence electrons. The molecule has 3 nitrogen and oxygen atoms in total. The van der Waals surface area contributed by atoms with Crippen molar-refractivity contribution in [1.82, 2.24) is 5.32 Å². The Morgan fingerprint density at radius 2 is 2.24 bits per heavy atom. The Balaban J connectivity index is 1.79. The van der Waals surface area contributed by atoms with Crippen molar-refractivity contribution in [3.8, 4) is 5.75 Å². The zero-order chi connectivity index (χ0) is 14.9. The lowest BCUT2D eigenvalue weighted by atomic mass is 9.69. The number of halogens is 1. The van der Waals surface area contributed by atoms with Gasteiger partial charge in [-0.25, -0.2) is 0 Å². The molecule has 1 spiro atoms. The minimum absolute atomic E-state index is 0.196. The normalized spacial score (nSPS) is 25.4. The molecule has 3 rings (SSSR count). The number of methoxy groups -OCH3 is 1. The molecule has 2 atom stereocenters. The smallest absolute Gasteiger partial charge is 0.133 e. The van der Waals surface area contributed by atoms with Crippen molar-refractivity contribution >= 4 is 15.9 Å². The molecular formula is C17H24BrNO2. The van der Waals surface area contributed by atoms with Gasteiger partial charge in [0.25, 0.3) is 0 Å². The van der Waals surface area contributed by atoms with E-state index in [0.29, 0.717) is 12.0 Å². The van der Waals surface area contributed by atoms with Gasteiger partial charge in [0.2, 0.25) is 0 Å². The summed E-state index contributed by atoms with van der Waals surface area (Å²) in [4.78, 5) is 0. The molecule has 1 saturated heterocycles. The first-order valence-electron chi connectivity index (χ1n) is 7.82. The largest absolute Gasteiger partial charge is 0.496 e. The number of nitrogens with one attached hydrogen (secondary N) is 1. The van der Waals surface area contributed by atoms with Crippen LogP contribution in [-0.4, -0.2) is 26.4 Å². The van der Waals surface area contributed by atoms with E-state index in [1.807, 2.05) is 6.07 Å². The molecule has 1 saturated carbocycles. The van der Waals surface area contributed by atoms with Crippen molar-refractivity contribution in [3.63, 3.8) is 0 Å². The van der Waals surface area contributed by atoms with Gasteiger partial charge in [0.1, 0.15) is 5.75 Å². The molecule has 1 N–H and O–H groups in total. The van der Waals surface area contributed by atoms with Crippen LogP contribution in [0.1, 0.15) is 43.7 Å². The SMILES string of the molecule is CNC(c1ccc(OC)c(Br)c1)C1CCOC2(CCC2)C1. The second-order valence-electron chi connectivity index (χ2n) is 6.30. The Morgan fingerprint density at radius 3 is 2.81 bits per heavy atom. The lowest BCUT2D eigenvalue weighted by molar-refractivity contribution is -0.147. The first-order chi connectivity index (χ1) is 10.2. The van der Waals surface area contributed by atoms with Crippen LogP contribution in [0, 0.1) is 5.92 Å². The molecule has 1 aliphatic carbocycles. The molecule has 21 heavy (non-hydrogen) atoms. The predicted molar refractivity (Wildman–Crippen MR) is 87.8 cm³/mol. The van der Waals surface area contributed by atoms with Crippen LogP contribution in [0.15, 0.2) is 22.7 Å². The van der Waals surface area contributed by atoms with Gasteiger partial charge in [0, 0.05) is 12.6 Å². The second kappa shape index (κ2) is 6.27. The Hall–Kier alpha value is -0.580. The summed E-state index contributed by atoms with van der Waals surface area (Å²) in [5.74, 6) is 1.53. The number of hydrogen-bond acceptors (Lipinski definition) is 3. The van der Waals surface area contributed by atoms with Gasteiger partial charge in [0.15, 0.2) is 0 Å². The first-order valence-corrected chi connectivity index (χ1v) is 8.61. The van der Waals surface area contributed by atoms with Gasteiger partial charge in [-0.05, 0) is 78.7 Å². The summed E-state index contributed by atoms with van der Waals surface area (Å²) in [5, 5.41) is 3.52. The van der Waals surface area contributed by atoms with E-state index in [2.05, 4.69) is 40.4 Å². The van der Waals surface area contributed by atoms with Crippen LogP contribution in [0.2, 0.25) is 0 Å². The Morgan fingerprint density at radius 1 is 1.43 bits per heavy atom. The monoisotopic (exact) mass is 353 g/mol. The number of benzene rings is 1. The van der Waals surface area contributed by atoms with Crippen LogP contribution >= 0.6 is 15.9 Å². The Labute approximate surface area is 135 Å². The third-order valence-corrected chi connectivity index (χ3v) is 5.73. The number of rotatable bonds is 4. The maximum Gasteiger partial charge on any atom is 0.133 e. The van der Waals surface area contributed by atoms with E-state index >= 15 is 0 Å². The standard InChI is InChI=1S/C17H24BrNO2/c1-19-16(12-4-5-15(20-2)14(18)10-12)13-6-9-21-17(11-13)7-3-8-17/h4-5,10,13,16,19H,3,6-9,11H2,1-2H3. The van der Waals surface area contributed by atoms with Crippen molar-refractivity contribution in [3.05, 3.63) is 28.2 Å². The van der Waals surface area contributed by atoms with Crippen LogP contribution in [0.5, 0.6) is 5.75 Å². The zero-order valence-corrected chi connectivity index (χ0v) is 14.4. The highest BCUT2D eigenvalue weighted by molar-refractivity contribution is 9.10. The van der Waals surface area contributed by atoms with Gasteiger partial charge in [-0.1, -0.05) is 6.07 Å². The predicted octanol–water partition coefficient (Wildman–Crippen LogP) is 4.07. The summed E-state index contributed by atoms with van der Waals surface area (Å²) >= 11 is 3.60. The first kappa shape index (κ1) is 15.3. The lowest BCUT2D eigenvalue weighted by Gasteiger charge is -2.48. The van der Waals surface area contributed by atoms with E-state index < -0.39 is 0 Å². The maximum atomic E-state index is 6.07. The molecule has 1 aromatic rings. The third-order valence-electron chi connectivity index (χ3n) is 5.11. The van der Waals surface area contributed by atoms with Gasteiger partial charge in [0.05, 0.1) is 17.2 Å². The molecule has 2 aliphatic rings. The third kappa shape index (κ3) is 2.99. The molecule has 1 heterocycles. The highest BCUT2D eigenvalue weighted by atomic mass is 79.9. The van der Waals surface area contributed by atoms with Crippen molar-refractivity contribution in [2.24, 2.45) is 5.92 Å². The second-order valence-corrected chi connectivity index (χ2v) is 7.15. The molecule has 2 fully saturated rings. The van der Waals surface area contributed by atoms with E-state index in [4.69, 9.17) is 9.47 Å². The Kier molecular flexibility index (Phi) is 4.57. The van der Waals surface area contributed by atoms with Crippen molar-refractivity contribution in [2.75, 3.05) is 20.8 Å². The van der Waals surface area contributed by atoms with Crippen molar-refractivity contribution in [2.45, 2.75) is 43.7 Å². The van der Waals surface area contributed by atoms with Crippen molar-refractivity contribution in [1.29, 1.82) is 0 Å². The van der Waals surface area contributed by atoms with Gasteiger partial charge in [-0.2, -0.15) is 0 Å². The number of hydrogen-bond donors (Lipinski definition) is 1. The fourth-order valence-corrected chi connectivity index (χ4v) is 4.38. The van der Waals surface area contributed by atoms with Crippen LogP contribution in [0.3, 0.4) is 0 Å². The van der Waals surface area contributed by atoms with Gasteiger partial charge >= 0.3 is 0 Å². The van der Waals surface area contributed by atoms with Gasteiger partial charge < -0.3 is 14.8 Å². The topological polar surface area (TPSA) is 30.5 Å². The summed E-state index contributed by atoms with van der Waals surface area (Å²) in [6.45, 7) is 0.903. The van der Waals surface area contributed by atoms with Gasteiger partial charge in [-0.15, -0.1) is 0 Å². The minimum Gasteiger partial charge on any atom is -0.496 e. The van der Waals surface area contributed by atoms with E-state index in [0.717, 1.165) is 23.2 Å². The fourth-order valence-electron chi connectivity index (χ4n) is 3.82. The molecule has 2 unspecified atom stereocenters.